The molecule has 31 heavy (non-hydrogen) atoms. The Bertz CT molecular complexity index is 811. The van der Waals surface area contributed by atoms with Gasteiger partial charge in [-0.15, -0.1) is 35.3 Å². The van der Waals surface area contributed by atoms with Crippen LogP contribution in [0.25, 0.3) is 0 Å². The molecule has 3 heterocycles. The lowest BCUT2D eigenvalue weighted by molar-refractivity contribution is 0.169. The summed E-state index contributed by atoms with van der Waals surface area (Å²) < 4.78 is 5.29. The summed E-state index contributed by atoms with van der Waals surface area (Å²) >= 11 is 1.87. The van der Waals surface area contributed by atoms with Crippen LogP contribution in [0.15, 0.2) is 46.8 Å². The first kappa shape index (κ1) is 24.3. The summed E-state index contributed by atoms with van der Waals surface area (Å²) in [5, 5.41) is 5.86. The van der Waals surface area contributed by atoms with E-state index in [4.69, 9.17) is 4.74 Å². The van der Waals surface area contributed by atoms with Crippen molar-refractivity contribution in [2.75, 3.05) is 46.9 Å². The van der Waals surface area contributed by atoms with Crippen LogP contribution in [0.1, 0.15) is 35.6 Å². The Morgan fingerprint density at radius 2 is 2.00 bits per heavy atom. The summed E-state index contributed by atoms with van der Waals surface area (Å²) in [5.41, 5.74) is 1.39. The molecule has 1 aromatic heterocycles. The maximum atomic E-state index is 5.29. The summed E-state index contributed by atoms with van der Waals surface area (Å²) in [6, 6.07) is 12.9. The van der Waals surface area contributed by atoms with Crippen LogP contribution in [0.5, 0.6) is 5.75 Å². The number of hydrogen-bond acceptors (Lipinski definition) is 4. The molecule has 0 bridgehead atoms. The highest BCUT2D eigenvalue weighted by Crippen LogP contribution is 2.28. The predicted octanol–water partition coefficient (Wildman–Crippen LogP) is 4.65. The number of nitrogens with zero attached hydrogens (tertiary/aromatic N) is 3. The highest BCUT2D eigenvalue weighted by atomic mass is 127. The lowest BCUT2D eigenvalue weighted by Crippen LogP contribution is -2.45. The molecule has 2 atom stereocenters. The van der Waals surface area contributed by atoms with Gasteiger partial charge in [-0.1, -0.05) is 18.2 Å². The molecule has 1 aromatic carbocycles. The van der Waals surface area contributed by atoms with Crippen LogP contribution < -0.4 is 10.1 Å². The van der Waals surface area contributed by atoms with Gasteiger partial charge in [0.25, 0.3) is 0 Å². The first-order chi connectivity index (χ1) is 14.7. The van der Waals surface area contributed by atoms with E-state index in [2.05, 4.69) is 61.9 Å². The molecule has 4 rings (SSSR count). The fourth-order valence-corrected chi connectivity index (χ4v) is 5.50. The van der Waals surface area contributed by atoms with E-state index in [0.717, 1.165) is 37.9 Å². The van der Waals surface area contributed by atoms with Gasteiger partial charge in [0.05, 0.1) is 7.11 Å². The first-order valence-corrected chi connectivity index (χ1v) is 12.0. The third kappa shape index (κ3) is 6.58. The third-order valence-corrected chi connectivity index (χ3v) is 7.26. The van der Waals surface area contributed by atoms with E-state index in [1.54, 1.807) is 7.11 Å². The van der Waals surface area contributed by atoms with Gasteiger partial charge in [-0.05, 0) is 60.9 Å². The van der Waals surface area contributed by atoms with E-state index in [9.17, 15) is 0 Å². The SMILES string of the molecule is CN=C(NCC1CCCN(Cc2cccs2)C1)N1CCC(c2ccc(OC)cc2)C1.I. The Morgan fingerprint density at radius 3 is 2.71 bits per heavy atom. The summed E-state index contributed by atoms with van der Waals surface area (Å²) in [6.07, 6.45) is 3.77. The number of piperidine rings is 1. The van der Waals surface area contributed by atoms with Gasteiger partial charge in [-0.25, -0.2) is 0 Å². The minimum absolute atomic E-state index is 0. The number of thiophene rings is 1. The summed E-state index contributed by atoms with van der Waals surface area (Å²) in [6.45, 7) is 6.59. The van der Waals surface area contributed by atoms with Gasteiger partial charge in [-0.3, -0.25) is 9.89 Å². The van der Waals surface area contributed by atoms with Gasteiger partial charge in [-0.2, -0.15) is 0 Å². The van der Waals surface area contributed by atoms with Gasteiger partial charge in [0, 0.05) is 50.6 Å². The minimum atomic E-state index is 0. The zero-order valence-electron chi connectivity index (χ0n) is 18.6. The molecule has 0 amide bonds. The molecular weight excluding hydrogens is 519 g/mol. The molecule has 170 valence electrons. The number of likely N-dealkylation sites (tertiary alicyclic amines) is 2. The number of hydrogen-bond donors (Lipinski definition) is 1. The zero-order chi connectivity index (χ0) is 20.8. The van der Waals surface area contributed by atoms with Gasteiger partial charge in [0.15, 0.2) is 5.96 Å². The number of halogens is 1. The van der Waals surface area contributed by atoms with E-state index >= 15 is 0 Å². The van der Waals surface area contributed by atoms with Crippen LogP contribution in [-0.4, -0.2) is 62.6 Å². The average Bonchev–Trinajstić information content (AvgIpc) is 3.47. The van der Waals surface area contributed by atoms with Crippen LogP contribution in [0.3, 0.4) is 0 Å². The number of aliphatic imine (C=N–C) groups is 1. The summed E-state index contributed by atoms with van der Waals surface area (Å²) in [4.78, 5) is 11.1. The molecule has 2 unspecified atom stereocenters. The van der Waals surface area contributed by atoms with Crippen LogP contribution in [0.2, 0.25) is 0 Å². The Labute approximate surface area is 207 Å². The van der Waals surface area contributed by atoms with E-state index in [1.165, 1.54) is 42.8 Å². The molecule has 7 heteroatoms. The number of rotatable bonds is 6. The Hall–Kier alpha value is -1.32. The van der Waals surface area contributed by atoms with Crippen molar-refractivity contribution in [1.82, 2.24) is 15.1 Å². The van der Waals surface area contributed by atoms with Crippen molar-refractivity contribution in [2.24, 2.45) is 10.9 Å². The van der Waals surface area contributed by atoms with Crippen LogP contribution in [0.4, 0.5) is 0 Å². The molecule has 0 radical (unpaired) electrons. The molecule has 5 nitrogen and oxygen atoms in total. The lowest BCUT2D eigenvalue weighted by atomic mass is 9.98. The highest BCUT2D eigenvalue weighted by Gasteiger charge is 2.27. The largest absolute Gasteiger partial charge is 0.497 e. The normalized spacial score (nSPS) is 22.3. The molecule has 2 fully saturated rings. The van der Waals surface area contributed by atoms with Crippen molar-refractivity contribution in [2.45, 2.75) is 31.7 Å². The second kappa shape index (κ2) is 12.1. The van der Waals surface area contributed by atoms with Crippen molar-refractivity contribution in [3.8, 4) is 5.75 Å². The van der Waals surface area contributed by atoms with E-state index < -0.39 is 0 Å². The van der Waals surface area contributed by atoms with E-state index in [0.29, 0.717) is 11.8 Å². The minimum Gasteiger partial charge on any atom is -0.497 e. The average molecular weight is 555 g/mol. The monoisotopic (exact) mass is 554 g/mol. The Balaban J connectivity index is 0.00000272. The van der Waals surface area contributed by atoms with Gasteiger partial charge >= 0.3 is 0 Å². The molecule has 2 aliphatic rings. The number of benzene rings is 1. The molecule has 0 saturated carbocycles. The van der Waals surface area contributed by atoms with Gasteiger partial charge in [0.2, 0.25) is 0 Å². The standard InChI is InChI=1S/C24H34N4OS.HI/c1-25-24(28-13-11-21(17-28)20-7-9-22(29-2)10-8-20)26-15-19-5-3-12-27(16-19)18-23-6-4-14-30-23;/h4,6-10,14,19,21H,3,5,11-13,15-18H2,1-2H3,(H,25,26);1H. The second-order valence-corrected chi connectivity index (χ2v) is 9.49. The molecule has 1 N–H and O–H groups in total. The molecule has 0 aliphatic carbocycles. The number of ether oxygens (including phenoxy) is 1. The fraction of sp³-hybridized carbons (Fsp3) is 0.542. The van der Waals surface area contributed by atoms with E-state index in [1.807, 2.05) is 18.4 Å². The van der Waals surface area contributed by atoms with Gasteiger partial charge in [0.1, 0.15) is 5.75 Å². The van der Waals surface area contributed by atoms with Crippen molar-refractivity contribution in [3.63, 3.8) is 0 Å². The van der Waals surface area contributed by atoms with E-state index in [-0.39, 0.29) is 24.0 Å². The molecule has 0 spiro atoms. The first-order valence-electron chi connectivity index (χ1n) is 11.1. The second-order valence-electron chi connectivity index (χ2n) is 8.46. The Kier molecular flexibility index (Phi) is 9.47. The number of guanidine groups is 1. The third-order valence-electron chi connectivity index (χ3n) is 6.40. The number of methoxy groups -OCH3 is 1. The number of nitrogens with one attached hydrogen (secondary N) is 1. The Morgan fingerprint density at radius 1 is 1.16 bits per heavy atom. The van der Waals surface area contributed by atoms with Crippen LogP contribution in [0, 0.1) is 5.92 Å². The smallest absolute Gasteiger partial charge is 0.193 e. The summed E-state index contributed by atoms with van der Waals surface area (Å²) in [5.74, 6) is 3.23. The lowest BCUT2D eigenvalue weighted by Gasteiger charge is -2.33. The predicted molar refractivity (Wildman–Crippen MR) is 141 cm³/mol. The fourth-order valence-electron chi connectivity index (χ4n) is 4.75. The van der Waals surface area contributed by atoms with Crippen molar-refractivity contribution in [3.05, 3.63) is 52.2 Å². The molecule has 2 aliphatic heterocycles. The van der Waals surface area contributed by atoms with Gasteiger partial charge < -0.3 is 15.0 Å². The van der Waals surface area contributed by atoms with Crippen molar-refractivity contribution < 1.29 is 4.74 Å². The molecule has 2 saturated heterocycles. The van der Waals surface area contributed by atoms with Crippen molar-refractivity contribution in [1.29, 1.82) is 0 Å². The molecule has 2 aromatic rings. The maximum Gasteiger partial charge on any atom is 0.193 e. The van der Waals surface area contributed by atoms with Crippen molar-refractivity contribution >= 4 is 41.3 Å². The van der Waals surface area contributed by atoms with Crippen LogP contribution >= 0.6 is 35.3 Å². The topological polar surface area (TPSA) is 40.1 Å². The quantitative estimate of drug-likeness (QED) is 0.321. The summed E-state index contributed by atoms with van der Waals surface area (Å²) in [7, 11) is 3.63. The zero-order valence-corrected chi connectivity index (χ0v) is 21.8. The van der Waals surface area contributed by atoms with Crippen LogP contribution in [-0.2, 0) is 6.54 Å². The molecular formula is C24H35IN4OS. The maximum absolute atomic E-state index is 5.29. The highest BCUT2D eigenvalue weighted by molar-refractivity contribution is 14.0.